The van der Waals surface area contributed by atoms with Crippen molar-refractivity contribution in [1.29, 1.82) is 0 Å². The summed E-state index contributed by atoms with van der Waals surface area (Å²) in [6.45, 7) is 2.76. The Labute approximate surface area is 125 Å². The summed E-state index contributed by atoms with van der Waals surface area (Å²) in [5.41, 5.74) is 8.12. The van der Waals surface area contributed by atoms with Gasteiger partial charge >= 0.3 is 0 Å². The summed E-state index contributed by atoms with van der Waals surface area (Å²) < 4.78 is 3.87. The molecule has 17 heavy (non-hydrogen) atoms. The fourth-order valence-corrected chi connectivity index (χ4v) is 4.83. The van der Waals surface area contributed by atoms with Crippen molar-refractivity contribution in [3.63, 3.8) is 0 Å². The van der Waals surface area contributed by atoms with Crippen LogP contribution < -0.4 is 5.73 Å². The normalized spacial score (nSPS) is 13.0. The van der Waals surface area contributed by atoms with Gasteiger partial charge in [-0.2, -0.15) is 5.10 Å². The third-order valence-corrected chi connectivity index (χ3v) is 5.12. The monoisotopic (exact) mass is 397 g/mol. The van der Waals surface area contributed by atoms with Crippen LogP contribution in [-0.2, 0) is 6.54 Å². The second-order valence-corrected chi connectivity index (χ2v) is 7.61. The molecule has 1 unspecified atom stereocenters. The Morgan fingerprint density at radius 1 is 1.59 bits per heavy atom. The Morgan fingerprint density at radius 2 is 2.29 bits per heavy atom. The quantitative estimate of drug-likeness (QED) is 0.841. The van der Waals surface area contributed by atoms with E-state index in [2.05, 4.69) is 37.0 Å². The zero-order chi connectivity index (χ0) is 12.6. The highest BCUT2D eigenvalue weighted by Gasteiger charge is 2.21. The minimum absolute atomic E-state index is 0.276. The molecule has 92 valence electrons. The van der Waals surface area contributed by atoms with Gasteiger partial charge in [-0.05, 0) is 44.8 Å². The molecule has 0 aliphatic carbocycles. The highest BCUT2D eigenvalue weighted by atomic mass is 79.9. The second kappa shape index (κ2) is 5.40. The van der Waals surface area contributed by atoms with Crippen LogP contribution >= 0.6 is 54.8 Å². The van der Waals surface area contributed by atoms with Gasteiger partial charge < -0.3 is 5.73 Å². The van der Waals surface area contributed by atoms with E-state index >= 15 is 0 Å². The molecule has 0 saturated carbocycles. The van der Waals surface area contributed by atoms with E-state index in [1.807, 2.05) is 17.7 Å². The van der Waals surface area contributed by atoms with Crippen molar-refractivity contribution < 1.29 is 0 Å². The summed E-state index contributed by atoms with van der Waals surface area (Å²) >= 11 is 14.7. The summed E-state index contributed by atoms with van der Waals surface area (Å²) in [4.78, 5) is 0. The lowest BCUT2D eigenvalue weighted by atomic mass is 10.1. The maximum absolute atomic E-state index is 6.26. The lowest BCUT2D eigenvalue weighted by Gasteiger charge is -2.13. The molecule has 0 amide bonds. The number of hydrogen-bond donors (Lipinski definition) is 1. The van der Waals surface area contributed by atoms with Crippen LogP contribution in [0.5, 0.6) is 0 Å². The van der Waals surface area contributed by atoms with Crippen molar-refractivity contribution in [2.24, 2.45) is 5.73 Å². The third kappa shape index (κ3) is 2.61. The molecule has 0 aliphatic heterocycles. The van der Waals surface area contributed by atoms with Crippen LogP contribution in [-0.4, -0.2) is 9.78 Å². The van der Waals surface area contributed by atoms with Crippen LogP contribution in [0.2, 0.25) is 5.02 Å². The van der Waals surface area contributed by atoms with Crippen LogP contribution in [0.25, 0.3) is 0 Å². The molecule has 0 bridgehead atoms. The number of aromatic nitrogens is 2. The molecule has 2 N–H and O–H groups in total. The van der Waals surface area contributed by atoms with Gasteiger partial charge in [-0.3, -0.25) is 4.68 Å². The largest absolute Gasteiger partial charge is 0.319 e. The average molecular weight is 400 g/mol. The first-order valence-electron chi connectivity index (χ1n) is 4.96. The van der Waals surface area contributed by atoms with Gasteiger partial charge in [0.05, 0.1) is 30.5 Å². The Bertz CT molecular complexity index is 538. The van der Waals surface area contributed by atoms with Gasteiger partial charge in [0.15, 0.2) is 0 Å². The van der Waals surface area contributed by atoms with Crippen LogP contribution in [0, 0.1) is 0 Å². The van der Waals surface area contributed by atoms with Crippen molar-refractivity contribution in [3.05, 3.63) is 36.1 Å². The highest BCUT2D eigenvalue weighted by Crippen LogP contribution is 2.38. The third-order valence-electron chi connectivity index (χ3n) is 2.45. The fourth-order valence-electron chi connectivity index (χ4n) is 1.65. The number of halogens is 3. The minimum atomic E-state index is -0.276. The van der Waals surface area contributed by atoms with Gasteiger partial charge in [-0.1, -0.05) is 11.6 Å². The Kier molecular flexibility index (Phi) is 4.31. The SMILES string of the molecule is CCn1ncc(Cl)c1C(N)c1cc(Br)sc1Br. The molecule has 0 aliphatic rings. The zero-order valence-electron chi connectivity index (χ0n) is 8.95. The molecule has 3 nitrogen and oxygen atoms in total. The van der Waals surface area contributed by atoms with E-state index in [4.69, 9.17) is 17.3 Å². The molecule has 0 aromatic carbocycles. The topological polar surface area (TPSA) is 43.8 Å². The van der Waals surface area contributed by atoms with Gasteiger partial charge in [-0.15, -0.1) is 11.3 Å². The molecular weight excluding hydrogens is 389 g/mol. The maximum Gasteiger partial charge on any atom is 0.0837 e. The first-order valence-corrected chi connectivity index (χ1v) is 7.74. The van der Waals surface area contributed by atoms with Gasteiger partial charge in [-0.25, -0.2) is 0 Å². The molecule has 1 atom stereocenters. The van der Waals surface area contributed by atoms with E-state index in [1.54, 1.807) is 17.5 Å². The summed E-state index contributed by atoms with van der Waals surface area (Å²) in [6, 6.07) is 1.73. The molecule has 0 saturated heterocycles. The predicted molar refractivity (Wildman–Crippen MR) is 78.7 cm³/mol. The lowest BCUT2D eigenvalue weighted by Crippen LogP contribution is -2.17. The molecular formula is C10H10Br2ClN3S. The Morgan fingerprint density at radius 3 is 2.82 bits per heavy atom. The number of nitrogens with zero attached hydrogens (tertiary/aromatic N) is 2. The number of thiophene rings is 1. The van der Waals surface area contributed by atoms with Gasteiger partial charge in [0.25, 0.3) is 0 Å². The Balaban J connectivity index is 2.46. The number of aryl methyl sites for hydroxylation is 1. The van der Waals surface area contributed by atoms with Crippen molar-refractivity contribution in [1.82, 2.24) is 9.78 Å². The molecule has 2 rings (SSSR count). The summed E-state index contributed by atoms with van der Waals surface area (Å²) in [7, 11) is 0. The highest BCUT2D eigenvalue weighted by molar-refractivity contribution is 9.12. The zero-order valence-corrected chi connectivity index (χ0v) is 13.7. The molecule has 2 aromatic heterocycles. The van der Waals surface area contributed by atoms with Crippen LogP contribution in [0.4, 0.5) is 0 Å². The summed E-state index contributed by atoms with van der Waals surface area (Å²) in [6.07, 6.45) is 1.63. The maximum atomic E-state index is 6.26. The minimum Gasteiger partial charge on any atom is -0.319 e. The standard InChI is InChI=1S/C10H10Br2ClN3S/c1-2-16-9(6(13)4-15-16)8(14)5-3-7(11)17-10(5)12/h3-4,8H,2,14H2,1H3. The van der Waals surface area contributed by atoms with Crippen molar-refractivity contribution >= 4 is 54.8 Å². The van der Waals surface area contributed by atoms with E-state index in [0.29, 0.717) is 5.02 Å². The number of nitrogens with two attached hydrogens (primary N) is 1. The van der Waals surface area contributed by atoms with Crippen LogP contribution in [0.15, 0.2) is 19.8 Å². The van der Waals surface area contributed by atoms with Gasteiger partial charge in [0.2, 0.25) is 0 Å². The van der Waals surface area contributed by atoms with Gasteiger partial charge in [0.1, 0.15) is 0 Å². The molecule has 2 aromatic rings. The summed E-state index contributed by atoms with van der Waals surface area (Å²) in [5.74, 6) is 0. The van der Waals surface area contributed by atoms with E-state index < -0.39 is 0 Å². The Hall–Kier alpha value is 0.120. The van der Waals surface area contributed by atoms with Crippen LogP contribution in [0.1, 0.15) is 24.2 Å². The first kappa shape index (κ1) is 13.5. The molecule has 7 heteroatoms. The van der Waals surface area contributed by atoms with Crippen molar-refractivity contribution in [3.8, 4) is 0 Å². The van der Waals surface area contributed by atoms with Crippen LogP contribution in [0.3, 0.4) is 0 Å². The lowest BCUT2D eigenvalue weighted by molar-refractivity contribution is 0.601. The van der Waals surface area contributed by atoms with Gasteiger partial charge in [0, 0.05) is 12.1 Å². The van der Waals surface area contributed by atoms with Crippen molar-refractivity contribution in [2.75, 3.05) is 0 Å². The molecule has 0 spiro atoms. The molecule has 0 radical (unpaired) electrons. The molecule has 0 fully saturated rings. The summed E-state index contributed by atoms with van der Waals surface area (Å²) in [5, 5.41) is 4.80. The smallest absolute Gasteiger partial charge is 0.0837 e. The van der Waals surface area contributed by atoms with E-state index in [-0.39, 0.29) is 6.04 Å². The fraction of sp³-hybridized carbons (Fsp3) is 0.300. The van der Waals surface area contributed by atoms with Crippen molar-refractivity contribution in [2.45, 2.75) is 19.5 Å². The van der Waals surface area contributed by atoms with E-state index in [1.165, 1.54) is 0 Å². The number of rotatable bonds is 3. The van der Waals surface area contributed by atoms with E-state index in [0.717, 1.165) is 25.4 Å². The predicted octanol–water partition coefficient (Wildman–Crippen LogP) is 4.19. The molecule has 2 heterocycles. The first-order chi connectivity index (χ1) is 8.04. The van der Waals surface area contributed by atoms with E-state index in [9.17, 15) is 0 Å². The second-order valence-electron chi connectivity index (χ2n) is 3.45. The number of hydrogen-bond acceptors (Lipinski definition) is 3. The average Bonchev–Trinajstić information content (AvgIpc) is 2.80.